The molecule has 4 aromatic rings. The minimum absolute atomic E-state index is 0.0147. The van der Waals surface area contributed by atoms with Crippen LogP contribution in [0.4, 0.5) is 9.18 Å². The molecule has 148 valence electrons. The number of halogens is 1. The third-order valence-corrected chi connectivity index (χ3v) is 5.83. The van der Waals surface area contributed by atoms with Gasteiger partial charge >= 0.3 is 12.1 Å². The second-order valence-corrected chi connectivity index (χ2v) is 7.39. The van der Waals surface area contributed by atoms with E-state index < -0.39 is 12.1 Å². The standard InChI is InChI=1S/C21H17FN2O4S/c1-28-21(27)23-9-16-14-4-2-3-5-17(14)24(19(16)20(25)26)10-12-11-29-18-7-6-13(22)8-15(12)18/h2-8,11H,9-10H2,1H3,(H,23,27)(H,25,26). The highest BCUT2D eigenvalue weighted by atomic mass is 32.1. The summed E-state index contributed by atoms with van der Waals surface area (Å²) in [6.45, 7) is 0.282. The van der Waals surface area contributed by atoms with Crippen LogP contribution in [-0.2, 0) is 17.8 Å². The van der Waals surface area contributed by atoms with E-state index in [2.05, 4.69) is 10.1 Å². The highest BCUT2D eigenvalue weighted by Crippen LogP contribution is 2.31. The van der Waals surface area contributed by atoms with E-state index in [0.717, 1.165) is 26.6 Å². The summed E-state index contributed by atoms with van der Waals surface area (Å²) in [4.78, 5) is 23.7. The van der Waals surface area contributed by atoms with Gasteiger partial charge in [-0.2, -0.15) is 0 Å². The van der Waals surface area contributed by atoms with Gasteiger partial charge in [0.25, 0.3) is 0 Å². The lowest BCUT2D eigenvalue weighted by Gasteiger charge is -2.09. The van der Waals surface area contributed by atoms with Crippen LogP contribution in [0.1, 0.15) is 21.6 Å². The molecule has 0 saturated heterocycles. The number of carboxylic acids is 1. The molecule has 0 aliphatic carbocycles. The zero-order valence-corrected chi connectivity index (χ0v) is 16.3. The Hall–Kier alpha value is -3.39. The Morgan fingerprint density at radius 3 is 2.76 bits per heavy atom. The average Bonchev–Trinajstić information content (AvgIpc) is 3.25. The second-order valence-electron chi connectivity index (χ2n) is 6.48. The normalized spacial score (nSPS) is 11.1. The summed E-state index contributed by atoms with van der Waals surface area (Å²) in [6.07, 6.45) is -0.641. The summed E-state index contributed by atoms with van der Waals surface area (Å²) in [6, 6.07) is 11.9. The van der Waals surface area contributed by atoms with Crippen molar-refractivity contribution in [2.45, 2.75) is 13.1 Å². The zero-order valence-electron chi connectivity index (χ0n) is 15.4. The van der Waals surface area contributed by atoms with Crippen LogP contribution in [0.15, 0.2) is 47.8 Å². The molecule has 0 aliphatic heterocycles. The lowest BCUT2D eigenvalue weighted by molar-refractivity contribution is 0.0684. The fourth-order valence-electron chi connectivity index (χ4n) is 3.54. The molecule has 0 radical (unpaired) electrons. The van der Waals surface area contributed by atoms with Crippen LogP contribution in [0.25, 0.3) is 21.0 Å². The molecule has 0 unspecified atom stereocenters. The van der Waals surface area contributed by atoms with Crippen LogP contribution in [0.3, 0.4) is 0 Å². The molecule has 29 heavy (non-hydrogen) atoms. The first-order chi connectivity index (χ1) is 14.0. The number of methoxy groups -OCH3 is 1. The smallest absolute Gasteiger partial charge is 0.407 e. The summed E-state index contributed by atoms with van der Waals surface area (Å²) in [5.74, 6) is -1.44. The Kier molecular flexibility index (Phi) is 4.94. The number of carbonyl (C=O) groups is 2. The van der Waals surface area contributed by atoms with Gasteiger partial charge in [-0.15, -0.1) is 11.3 Å². The van der Waals surface area contributed by atoms with E-state index in [1.807, 2.05) is 29.6 Å². The number of rotatable bonds is 5. The van der Waals surface area contributed by atoms with Gasteiger partial charge < -0.3 is 19.7 Å². The molecule has 6 nitrogen and oxygen atoms in total. The number of carbonyl (C=O) groups excluding carboxylic acids is 1. The number of carboxylic acid groups (broad SMARTS) is 1. The number of fused-ring (bicyclic) bond motifs is 2. The molecule has 0 saturated carbocycles. The number of hydrogen-bond donors (Lipinski definition) is 2. The van der Waals surface area contributed by atoms with Crippen LogP contribution in [0, 0.1) is 5.82 Å². The number of amides is 1. The van der Waals surface area contributed by atoms with Crippen molar-refractivity contribution in [3.8, 4) is 0 Å². The molecule has 1 amide bonds. The van der Waals surface area contributed by atoms with E-state index in [1.165, 1.54) is 30.6 Å². The van der Waals surface area contributed by atoms with E-state index >= 15 is 0 Å². The van der Waals surface area contributed by atoms with Crippen molar-refractivity contribution < 1.29 is 23.8 Å². The molecule has 8 heteroatoms. The van der Waals surface area contributed by atoms with Crippen molar-refractivity contribution in [1.82, 2.24) is 9.88 Å². The number of nitrogens with zero attached hydrogens (tertiary/aromatic N) is 1. The van der Waals surface area contributed by atoms with Crippen LogP contribution in [-0.4, -0.2) is 28.8 Å². The van der Waals surface area contributed by atoms with E-state index in [0.29, 0.717) is 5.56 Å². The molecular weight excluding hydrogens is 395 g/mol. The first-order valence-corrected chi connectivity index (χ1v) is 9.68. The summed E-state index contributed by atoms with van der Waals surface area (Å²) in [7, 11) is 1.25. The number of ether oxygens (including phenoxy) is 1. The van der Waals surface area contributed by atoms with Gasteiger partial charge in [0.15, 0.2) is 0 Å². The minimum atomic E-state index is -1.10. The number of hydrogen-bond acceptors (Lipinski definition) is 4. The van der Waals surface area contributed by atoms with Gasteiger partial charge in [0, 0.05) is 39.6 Å². The molecule has 0 fully saturated rings. The van der Waals surface area contributed by atoms with Crippen LogP contribution >= 0.6 is 11.3 Å². The monoisotopic (exact) mass is 412 g/mol. The molecule has 2 N–H and O–H groups in total. The SMILES string of the molecule is COC(=O)NCc1c(C(=O)O)n(Cc2csc3ccc(F)cc23)c2ccccc12. The Bertz CT molecular complexity index is 1240. The fraction of sp³-hybridized carbons (Fsp3) is 0.143. The molecule has 2 aromatic carbocycles. The third-order valence-electron chi connectivity index (χ3n) is 4.82. The lowest BCUT2D eigenvalue weighted by Crippen LogP contribution is -2.23. The highest BCUT2D eigenvalue weighted by Gasteiger charge is 2.23. The molecule has 2 heterocycles. The highest BCUT2D eigenvalue weighted by molar-refractivity contribution is 7.17. The van der Waals surface area contributed by atoms with Crippen LogP contribution in [0.5, 0.6) is 0 Å². The van der Waals surface area contributed by atoms with Gasteiger partial charge in [-0.1, -0.05) is 18.2 Å². The average molecular weight is 412 g/mol. The largest absolute Gasteiger partial charge is 0.477 e. The first kappa shape index (κ1) is 18.9. The van der Waals surface area contributed by atoms with Crippen molar-refractivity contribution in [1.29, 1.82) is 0 Å². The number of thiophene rings is 1. The van der Waals surface area contributed by atoms with E-state index in [9.17, 15) is 19.1 Å². The maximum Gasteiger partial charge on any atom is 0.407 e. The van der Waals surface area contributed by atoms with Crippen LogP contribution < -0.4 is 5.32 Å². The number of benzene rings is 2. The predicted molar refractivity (Wildman–Crippen MR) is 109 cm³/mol. The van der Waals surface area contributed by atoms with Gasteiger partial charge in [0.1, 0.15) is 11.5 Å². The van der Waals surface area contributed by atoms with Crippen molar-refractivity contribution in [2.75, 3.05) is 7.11 Å². The summed E-state index contributed by atoms with van der Waals surface area (Å²) >= 11 is 1.48. The predicted octanol–water partition coefficient (Wildman–Crippen LogP) is 4.60. The van der Waals surface area contributed by atoms with Crippen molar-refractivity contribution >= 4 is 44.4 Å². The zero-order chi connectivity index (χ0) is 20.5. The van der Waals surface area contributed by atoms with E-state index in [1.54, 1.807) is 10.6 Å². The van der Waals surface area contributed by atoms with Crippen molar-refractivity contribution in [2.24, 2.45) is 0 Å². The van der Waals surface area contributed by atoms with Gasteiger partial charge in [0.05, 0.1) is 7.11 Å². The number of aromatic carboxylic acids is 1. The number of nitrogens with one attached hydrogen (secondary N) is 1. The molecule has 0 atom stereocenters. The van der Waals surface area contributed by atoms with Crippen molar-refractivity contribution in [3.05, 3.63) is 70.5 Å². The summed E-state index contributed by atoms with van der Waals surface area (Å²) in [5, 5.41) is 15.9. The third kappa shape index (κ3) is 3.42. The minimum Gasteiger partial charge on any atom is -0.477 e. The number of aromatic nitrogens is 1. The molecule has 0 bridgehead atoms. The van der Waals surface area contributed by atoms with E-state index in [4.69, 9.17) is 0 Å². The van der Waals surface area contributed by atoms with E-state index in [-0.39, 0.29) is 24.6 Å². The van der Waals surface area contributed by atoms with Gasteiger partial charge in [-0.3, -0.25) is 0 Å². The lowest BCUT2D eigenvalue weighted by atomic mass is 10.1. The summed E-state index contributed by atoms with van der Waals surface area (Å²) < 4.78 is 21.0. The van der Waals surface area contributed by atoms with Gasteiger partial charge in [0.2, 0.25) is 0 Å². The maximum atomic E-state index is 13.8. The Balaban J connectivity index is 1.86. The number of alkyl carbamates (subject to hydrolysis) is 1. The topological polar surface area (TPSA) is 80.6 Å². The fourth-order valence-corrected chi connectivity index (χ4v) is 4.48. The van der Waals surface area contributed by atoms with Crippen LogP contribution in [0.2, 0.25) is 0 Å². The Labute approximate surface area is 169 Å². The summed E-state index contributed by atoms with van der Waals surface area (Å²) in [5.41, 5.74) is 2.13. The van der Waals surface area contributed by atoms with Gasteiger partial charge in [-0.05, 0) is 35.2 Å². The molecule has 0 aliphatic rings. The second kappa shape index (κ2) is 7.56. The van der Waals surface area contributed by atoms with Crippen molar-refractivity contribution in [3.63, 3.8) is 0 Å². The first-order valence-electron chi connectivity index (χ1n) is 8.80. The molecule has 0 spiro atoms. The maximum absolute atomic E-state index is 13.8. The van der Waals surface area contributed by atoms with Gasteiger partial charge in [-0.25, -0.2) is 14.0 Å². The molecule has 4 rings (SSSR count). The molecule has 2 aromatic heterocycles. The Morgan fingerprint density at radius 1 is 1.21 bits per heavy atom. The number of para-hydroxylation sites is 1. The molecular formula is C21H17FN2O4S. The quantitative estimate of drug-likeness (QED) is 0.502. The Morgan fingerprint density at radius 2 is 2.00 bits per heavy atom.